The van der Waals surface area contributed by atoms with E-state index in [4.69, 9.17) is 18.0 Å². The molecule has 1 rings (SSSR count). The number of hydrogen-bond acceptors (Lipinski definition) is 3. The molecule has 1 aromatic rings. The predicted molar refractivity (Wildman–Crippen MR) is 71.5 cm³/mol. The van der Waals surface area contributed by atoms with Crippen LogP contribution in [0, 0.1) is 5.92 Å². The smallest absolute Gasteiger partial charge is 0.0768 e. The van der Waals surface area contributed by atoms with E-state index in [0.717, 1.165) is 19.5 Å². The maximum Gasteiger partial charge on any atom is 0.0768 e. The van der Waals surface area contributed by atoms with Gasteiger partial charge < -0.3 is 10.6 Å². The lowest BCUT2D eigenvalue weighted by atomic mass is 10.1. The van der Waals surface area contributed by atoms with E-state index < -0.39 is 0 Å². The summed E-state index contributed by atoms with van der Waals surface area (Å²) in [5.74, 6) is 0.299. The summed E-state index contributed by atoms with van der Waals surface area (Å²) >= 11 is 6.77. The van der Waals surface area contributed by atoms with Crippen molar-refractivity contribution in [3.8, 4) is 0 Å². The summed E-state index contributed by atoms with van der Waals surface area (Å²) in [5, 5.41) is 2.12. The van der Waals surface area contributed by atoms with Gasteiger partial charge in [0.05, 0.1) is 4.99 Å². The third-order valence-electron chi connectivity index (χ3n) is 2.39. The standard InChI is InChI=1S/C11H18N2S2/c1-9(11(12)14)8-13(2)6-5-10-4-3-7-15-10/h3-4,7,9H,5-6,8H2,1-2H3,(H2,12,14). The molecule has 0 aromatic carbocycles. The average molecular weight is 242 g/mol. The van der Waals surface area contributed by atoms with Crippen molar-refractivity contribution in [1.82, 2.24) is 4.90 Å². The maximum absolute atomic E-state index is 5.58. The highest BCUT2D eigenvalue weighted by Crippen LogP contribution is 2.09. The number of hydrogen-bond donors (Lipinski definition) is 1. The topological polar surface area (TPSA) is 29.3 Å². The molecule has 0 saturated carbocycles. The lowest BCUT2D eigenvalue weighted by molar-refractivity contribution is 0.319. The summed E-state index contributed by atoms with van der Waals surface area (Å²) in [6.45, 7) is 4.08. The summed E-state index contributed by atoms with van der Waals surface area (Å²) in [7, 11) is 2.11. The molecule has 0 amide bonds. The van der Waals surface area contributed by atoms with Crippen LogP contribution < -0.4 is 5.73 Å². The molecule has 84 valence electrons. The molecule has 4 heteroatoms. The minimum absolute atomic E-state index is 0.299. The van der Waals surface area contributed by atoms with Crippen LogP contribution in [0.25, 0.3) is 0 Å². The molecule has 0 aliphatic rings. The van der Waals surface area contributed by atoms with Crippen LogP contribution in [-0.2, 0) is 6.42 Å². The summed E-state index contributed by atoms with van der Waals surface area (Å²) < 4.78 is 0. The third-order valence-corrected chi connectivity index (χ3v) is 3.73. The zero-order valence-corrected chi connectivity index (χ0v) is 10.9. The molecule has 1 heterocycles. The Kier molecular flexibility index (Phi) is 5.22. The van der Waals surface area contributed by atoms with Crippen molar-refractivity contribution in [2.24, 2.45) is 11.7 Å². The zero-order chi connectivity index (χ0) is 11.3. The third kappa shape index (κ3) is 4.73. The van der Waals surface area contributed by atoms with Crippen LogP contribution >= 0.6 is 23.6 Å². The first kappa shape index (κ1) is 12.6. The molecular formula is C11H18N2S2. The van der Waals surface area contributed by atoms with Crippen molar-refractivity contribution in [2.45, 2.75) is 13.3 Å². The molecule has 0 radical (unpaired) electrons. The van der Waals surface area contributed by atoms with E-state index in [-0.39, 0.29) is 0 Å². The minimum atomic E-state index is 0.299. The van der Waals surface area contributed by atoms with Gasteiger partial charge in [0.15, 0.2) is 0 Å². The van der Waals surface area contributed by atoms with E-state index in [1.165, 1.54) is 4.88 Å². The van der Waals surface area contributed by atoms with E-state index in [1.54, 1.807) is 0 Å². The molecule has 1 aromatic heterocycles. The maximum atomic E-state index is 5.58. The van der Waals surface area contributed by atoms with Gasteiger partial charge in [0.1, 0.15) is 0 Å². The number of nitrogens with zero attached hydrogens (tertiary/aromatic N) is 1. The predicted octanol–water partition coefficient (Wildman–Crippen LogP) is 2.14. The van der Waals surface area contributed by atoms with Gasteiger partial charge in [-0.25, -0.2) is 0 Å². The number of rotatable bonds is 6. The molecular weight excluding hydrogens is 224 g/mol. The Hall–Kier alpha value is -0.450. The Morgan fingerprint density at radius 2 is 2.40 bits per heavy atom. The fourth-order valence-electron chi connectivity index (χ4n) is 1.40. The van der Waals surface area contributed by atoms with E-state index in [9.17, 15) is 0 Å². The van der Waals surface area contributed by atoms with Crippen molar-refractivity contribution >= 4 is 28.5 Å². The highest BCUT2D eigenvalue weighted by atomic mass is 32.1. The largest absolute Gasteiger partial charge is 0.393 e. The van der Waals surface area contributed by atoms with E-state index in [2.05, 4.69) is 36.4 Å². The van der Waals surface area contributed by atoms with Crippen molar-refractivity contribution in [1.29, 1.82) is 0 Å². The highest BCUT2D eigenvalue weighted by molar-refractivity contribution is 7.80. The summed E-state index contributed by atoms with van der Waals surface area (Å²) in [6, 6.07) is 4.27. The molecule has 0 bridgehead atoms. The summed E-state index contributed by atoms with van der Waals surface area (Å²) in [6.07, 6.45) is 1.11. The van der Waals surface area contributed by atoms with Crippen LogP contribution in [0.1, 0.15) is 11.8 Å². The van der Waals surface area contributed by atoms with Gasteiger partial charge in [-0.05, 0) is 24.9 Å². The highest BCUT2D eigenvalue weighted by Gasteiger charge is 2.08. The van der Waals surface area contributed by atoms with Gasteiger partial charge in [0.2, 0.25) is 0 Å². The lowest BCUT2D eigenvalue weighted by Crippen LogP contribution is -2.32. The van der Waals surface area contributed by atoms with Crippen LogP contribution in [0.3, 0.4) is 0 Å². The first-order valence-electron chi connectivity index (χ1n) is 5.10. The zero-order valence-electron chi connectivity index (χ0n) is 9.27. The Morgan fingerprint density at radius 3 is 2.93 bits per heavy atom. The second-order valence-electron chi connectivity index (χ2n) is 3.90. The Labute approximate surface area is 101 Å². The first-order valence-corrected chi connectivity index (χ1v) is 6.38. The molecule has 1 atom stereocenters. The van der Waals surface area contributed by atoms with Crippen molar-refractivity contribution in [3.05, 3.63) is 22.4 Å². The second kappa shape index (κ2) is 6.20. The second-order valence-corrected chi connectivity index (χ2v) is 5.40. The molecule has 1 unspecified atom stereocenters. The van der Waals surface area contributed by atoms with E-state index in [0.29, 0.717) is 10.9 Å². The number of likely N-dealkylation sites (N-methyl/N-ethyl adjacent to an activating group) is 1. The number of thiophene rings is 1. The fraction of sp³-hybridized carbons (Fsp3) is 0.545. The first-order chi connectivity index (χ1) is 7.09. The summed E-state index contributed by atoms with van der Waals surface area (Å²) in [4.78, 5) is 4.33. The van der Waals surface area contributed by atoms with Crippen LogP contribution in [-0.4, -0.2) is 30.0 Å². The average Bonchev–Trinajstić information content (AvgIpc) is 2.66. The number of thiocarbonyl (C=S) groups is 1. The molecule has 0 saturated heterocycles. The van der Waals surface area contributed by atoms with E-state index in [1.807, 2.05) is 11.3 Å². The quantitative estimate of drug-likeness (QED) is 0.775. The fourth-order valence-corrected chi connectivity index (χ4v) is 2.18. The summed E-state index contributed by atoms with van der Waals surface area (Å²) in [5.41, 5.74) is 5.58. The normalized spacial score (nSPS) is 13.0. The van der Waals surface area contributed by atoms with Gasteiger partial charge in [0, 0.05) is 23.9 Å². The molecule has 15 heavy (non-hydrogen) atoms. The Bertz CT molecular complexity index is 296. The van der Waals surface area contributed by atoms with Crippen LogP contribution in [0.4, 0.5) is 0 Å². The molecule has 0 spiro atoms. The molecule has 2 N–H and O–H groups in total. The van der Waals surface area contributed by atoms with Crippen molar-refractivity contribution in [3.63, 3.8) is 0 Å². The van der Waals surface area contributed by atoms with Gasteiger partial charge >= 0.3 is 0 Å². The van der Waals surface area contributed by atoms with E-state index >= 15 is 0 Å². The van der Waals surface area contributed by atoms with Crippen molar-refractivity contribution < 1.29 is 0 Å². The van der Waals surface area contributed by atoms with Crippen LogP contribution in [0.15, 0.2) is 17.5 Å². The molecule has 2 nitrogen and oxygen atoms in total. The Balaban J connectivity index is 2.24. The Morgan fingerprint density at radius 1 is 1.67 bits per heavy atom. The van der Waals surface area contributed by atoms with Gasteiger partial charge in [-0.15, -0.1) is 11.3 Å². The number of nitrogens with two attached hydrogens (primary N) is 1. The minimum Gasteiger partial charge on any atom is -0.393 e. The lowest BCUT2D eigenvalue weighted by Gasteiger charge is -2.20. The van der Waals surface area contributed by atoms with Gasteiger partial charge in [-0.2, -0.15) is 0 Å². The SMILES string of the molecule is CC(CN(C)CCc1cccs1)C(N)=S. The van der Waals surface area contributed by atoms with Gasteiger partial charge in [-0.3, -0.25) is 0 Å². The van der Waals surface area contributed by atoms with Gasteiger partial charge in [0.25, 0.3) is 0 Å². The van der Waals surface area contributed by atoms with Crippen molar-refractivity contribution in [2.75, 3.05) is 20.1 Å². The van der Waals surface area contributed by atoms with Crippen LogP contribution in [0.2, 0.25) is 0 Å². The van der Waals surface area contributed by atoms with Gasteiger partial charge in [-0.1, -0.05) is 25.2 Å². The molecule has 0 aliphatic carbocycles. The molecule has 0 aliphatic heterocycles. The van der Waals surface area contributed by atoms with Crippen LogP contribution in [0.5, 0.6) is 0 Å². The molecule has 0 fully saturated rings. The monoisotopic (exact) mass is 242 g/mol.